The molecule has 0 saturated carbocycles. The van der Waals surface area contributed by atoms with Crippen LogP contribution in [0.2, 0.25) is 0 Å². The van der Waals surface area contributed by atoms with Gasteiger partial charge in [0.05, 0.1) is 6.10 Å². The Morgan fingerprint density at radius 2 is 1.81 bits per heavy atom. The molecule has 0 spiro atoms. The SMILES string of the molecule is OC(Cc1ccccc1Br)c1cccc(OC(F)(F)F)c1. The Kier molecular flexibility index (Phi) is 4.90. The summed E-state index contributed by atoms with van der Waals surface area (Å²) in [6.07, 6.45) is -5.37. The van der Waals surface area contributed by atoms with Crippen LogP contribution >= 0.6 is 15.9 Å². The van der Waals surface area contributed by atoms with E-state index in [0.717, 1.165) is 10.0 Å². The first-order valence-electron chi connectivity index (χ1n) is 6.12. The molecule has 0 saturated heterocycles. The van der Waals surface area contributed by atoms with Crippen LogP contribution in [-0.4, -0.2) is 11.5 Å². The Morgan fingerprint density at radius 1 is 1.10 bits per heavy atom. The lowest BCUT2D eigenvalue weighted by molar-refractivity contribution is -0.274. The maximum atomic E-state index is 12.2. The first-order valence-corrected chi connectivity index (χ1v) is 6.91. The van der Waals surface area contributed by atoms with Crippen molar-refractivity contribution in [2.75, 3.05) is 0 Å². The van der Waals surface area contributed by atoms with Gasteiger partial charge in [-0.05, 0) is 29.3 Å². The first kappa shape index (κ1) is 15.9. The summed E-state index contributed by atoms with van der Waals surface area (Å²) in [6.45, 7) is 0. The van der Waals surface area contributed by atoms with Gasteiger partial charge in [-0.25, -0.2) is 0 Å². The number of hydrogen-bond donors (Lipinski definition) is 1. The molecule has 0 bridgehead atoms. The summed E-state index contributed by atoms with van der Waals surface area (Å²) in [6, 6.07) is 12.7. The summed E-state index contributed by atoms with van der Waals surface area (Å²) in [7, 11) is 0. The van der Waals surface area contributed by atoms with Crippen molar-refractivity contribution in [1.29, 1.82) is 0 Å². The van der Waals surface area contributed by atoms with Crippen molar-refractivity contribution >= 4 is 15.9 Å². The maximum Gasteiger partial charge on any atom is 0.573 e. The highest BCUT2D eigenvalue weighted by molar-refractivity contribution is 9.10. The number of hydrogen-bond acceptors (Lipinski definition) is 2. The summed E-state index contributed by atoms with van der Waals surface area (Å²) in [5.74, 6) is -0.342. The molecule has 2 nitrogen and oxygen atoms in total. The van der Waals surface area contributed by atoms with Crippen LogP contribution in [-0.2, 0) is 6.42 Å². The second kappa shape index (κ2) is 6.49. The predicted molar refractivity (Wildman–Crippen MR) is 75.9 cm³/mol. The molecule has 0 amide bonds. The lowest BCUT2D eigenvalue weighted by Gasteiger charge is -2.14. The Morgan fingerprint density at radius 3 is 2.48 bits per heavy atom. The van der Waals surface area contributed by atoms with E-state index in [0.29, 0.717) is 5.56 Å². The Bertz CT molecular complexity index is 614. The number of ether oxygens (including phenoxy) is 1. The molecule has 2 aromatic carbocycles. The average Bonchev–Trinajstić information content (AvgIpc) is 2.39. The molecule has 0 aliphatic heterocycles. The van der Waals surface area contributed by atoms with Crippen LogP contribution in [0.1, 0.15) is 17.2 Å². The molecule has 0 heterocycles. The van der Waals surface area contributed by atoms with Crippen molar-refractivity contribution in [2.45, 2.75) is 18.9 Å². The number of aliphatic hydroxyl groups excluding tert-OH is 1. The molecule has 2 rings (SSSR count). The van der Waals surface area contributed by atoms with Crippen molar-refractivity contribution in [1.82, 2.24) is 0 Å². The topological polar surface area (TPSA) is 29.5 Å². The average molecular weight is 361 g/mol. The number of aliphatic hydroxyl groups is 1. The van der Waals surface area contributed by atoms with Crippen molar-refractivity contribution in [3.05, 3.63) is 64.1 Å². The minimum absolute atomic E-state index is 0.289. The van der Waals surface area contributed by atoms with Crippen LogP contribution in [0.15, 0.2) is 53.0 Å². The summed E-state index contributed by atoms with van der Waals surface area (Å²) in [4.78, 5) is 0. The van der Waals surface area contributed by atoms with Gasteiger partial charge in [-0.2, -0.15) is 0 Å². The van der Waals surface area contributed by atoms with Crippen LogP contribution in [0.25, 0.3) is 0 Å². The molecule has 1 atom stereocenters. The highest BCUT2D eigenvalue weighted by atomic mass is 79.9. The van der Waals surface area contributed by atoms with Gasteiger partial charge in [0.15, 0.2) is 0 Å². The van der Waals surface area contributed by atoms with Gasteiger partial charge in [0, 0.05) is 10.9 Å². The van der Waals surface area contributed by atoms with E-state index in [2.05, 4.69) is 20.7 Å². The molecule has 0 aliphatic carbocycles. The van der Waals surface area contributed by atoms with E-state index in [9.17, 15) is 18.3 Å². The second-order valence-corrected chi connectivity index (χ2v) is 5.29. The predicted octanol–water partition coefficient (Wildman–Crippen LogP) is 4.62. The molecule has 0 aromatic heterocycles. The Hall–Kier alpha value is -1.53. The summed E-state index contributed by atoms with van der Waals surface area (Å²) in [5.41, 5.74) is 1.24. The quantitative estimate of drug-likeness (QED) is 0.861. The molecule has 0 fully saturated rings. The van der Waals surface area contributed by atoms with Crippen LogP contribution in [0.5, 0.6) is 5.75 Å². The van der Waals surface area contributed by atoms with E-state index in [1.807, 2.05) is 24.3 Å². The highest BCUT2D eigenvalue weighted by Gasteiger charge is 2.31. The van der Waals surface area contributed by atoms with Crippen molar-refractivity contribution in [3.63, 3.8) is 0 Å². The number of rotatable bonds is 4. The van der Waals surface area contributed by atoms with Crippen LogP contribution < -0.4 is 4.74 Å². The van der Waals surface area contributed by atoms with Gasteiger partial charge in [-0.15, -0.1) is 13.2 Å². The lowest BCUT2D eigenvalue weighted by Crippen LogP contribution is -2.17. The Labute approximate surface area is 128 Å². The largest absolute Gasteiger partial charge is 0.573 e. The zero-order chi connectivity index (χ0) is 15.5. The van der Waals surface area contributed by atoms with Crippen molar-refractivity contribution in [3.8, 4) is 5.75 Å². The van der Waals surface area contributed by atoms with Crippen LogP contribution in [0.4, 0.5) is 13.2 Å². The molecule has 1 unspecified atom stereocenters. The lowest BCUT2D eigenvalue weighted by atomic mass is 10.0. The molecule has 2 aromatic rings. The molecule has 6 heteroatoms. The van der Waals surface area contributed by atoms with Gasteiger partial charge in [-0.3, -0.25) is 0 Å². The van der Waals surface area contributed by atoms with E-state index in [-0.39, 0.29) is 12.2 Å². The molecule has 0 aliphatic rings. The van der Waals surface area contributed by atoms with Gasteiger partial charge in [0.25, 0.3) is 0 Å². The smallest absolute Gasteiger partial charge is 0.406 e. The van der Waals surface area contributed by atoms with Crippen LogP contribution in [0, 0.1) is 0 Å². The number of benzene rings is 2. The number of halogens is 4. The van der Waals surface area contributed by atoms with E-state index >= 15 is 0 Å². The van der Waals surface area contributed by atoms with Gasteiger partial charge in [0.1, 0.15) is 5.75 Å². The van der Waals surface area contributed by atoms with E-state index < -0.39 is 12.5 Å². The van der Waals surface area contributed by atoms with E-state index in [1.165, 1.54) is 18.2 Å². The third-order valence-electron chi connectivity index (χ3n) is 2.85. The van der Waals surface area contributed by atoms with Gasteiger partial charge < -0.3 is 9.84 Å². The Balaban J connectivity index is 2.14. The molecule has 0 radical (unpaired) electrons. The molecule has 21 heavy (non-hydrogen) atoms. The molecular formula is C15H12BrF3O2. The van der Waals surface area contributed by atoms with Gasteiger partial charge in [0.2, 0.25) is 0 Å². The van der Waals surface area contributed by atoms with Crippen molar-refractivity contribution in [2.24, 2.45) is 0 Å². The van der Waals surface area contributed by atoms with Gasteiger partial charge in [-0.1, -0.05) is 46.3 Å². The second-order valence-electron chi connectivity index (χ2n) is 4.43. The van der Waals surface area contributed by atoms with Gasteiger partial charge >= 0.3 is 6.36 Å². The summed E-state index contributed by atoms with van der Waals surface area (Å²) >= 11 is 3.37. The molecular weight excluding hydrogens is 349 g/mol. The minimum Gasteiger partial charge on any atom is -0.406 e. The normalized spacial score (nSPS) is 13.0. The fourth-order valence-electron chi connectivity index (χ4n) is 1.91. The standard InChI is InChI=1S/C15H12BrF3O2/c16-13-7-2-1-4-10(13)9-14(20)11-5-3-6-12(8-11)21-15(17,18)19/h1-8,14,20H,9H2. The fourth-order valence-corrected chi connectivity index (χ4v) is 2.36. The maximum absolute atomic E-state index is 12.2. The highest BCUT2D eigenvalue weighted by Crippen LogP contribution is 2.28. The zero-order valence-electron chi connectivity index (χ0n) is 10.8. The zero-order valence-corrected chi connectivity index (χ0v) is 12.4. The third kappa shape index (κ3) is 4.75. The summed E-state index contributed by atoms with van der Waals surface area (Å²) in [5, 5.41) is 10.2. The van der Waals surface area contributed by atoms with E-state index in [1.54, 1.807) is 6.07 Å². The van der Waals surface area contributed by atoms with E-state index in [4.69, 9.17) is 0 Å². The van der Waals surface area contributed by atoms with Crippen LogP contribution in [0.3, 0.4) is 0 Å². The fraction of sp³-hybridized carbons (Fsp3) is 0.200. The molecule has 112 valence electrons. The third-order valence-corrected chi connectivity index (χ3v) is 3.62. The first-order chi connectivity index (χ1) is 9.85. The monoisotopic (exact) mass is 360 g/mol. The molecule has 1 N–H and O–H groups in total. The number of alkyl halides is 3. The van der Waals surface area contributed by atoms with Crippen molar-refractivity contribution < 1.29 is 23.0 Å². The summed E-state index contributed by atoms with van der Waals surface area (Å²) < 4.78 is 41.2. The minimum atomic E-state index is -4.74.